The van der Waals surface area contributed by atoms with Gasteiger partial charge in [-0.05, 0) is 38.1 Å². The van der Waals surface area contributed by atoms with E-state index in [1.807, 2.05) is 38.1 Å². The molecule has 2 heterocycles. The van der Waals surface area contributed by atoms with Crippen molar-refractivity contribution in [3.63, 3.8) is 0 Å². The molecule has 8 heteroatoms. The zero-order chi connectivity index (χ0) is 18.2. The summed E-state index contributed by atoms with van der Waals surface area (Å²) in [6.45, 7) is 9.27. The van der Waals surface area contributed by atoms with Crippen molar-refractivity contribution < 1.29 is 9.47 Å². The van der Waals surface area contributed by atoms with Crippen LogP contribution in [-0.4, -0.2) is 65.6 Å². The zero-order valence-corrected chi connectivity index (χ0v) is 15.3. The summed E-state index contributed by atoms with van der Waals surface area (Å²) in [7, 11) is 0. The fraction of sp³-hybridized carbons (Fsp3) is 0.500. The molecule has 0 aliphatic carbocycles. The van der Waals surface area contributed by atoms with Crippen LogP contribution >= 0.6 is 0 Å². The molecule has 0 spiro atoms. The Morgan fingerprint density at radius 2 is 1.96 bits per heavy atom. The van der Waals surface area contributed by atoms with E-state index in [0.717, 1.165) is 50.8 Å². The van der Waals surface area contributed by atoms with E-state index in [-0.39, 0.29) is 6.10 Å². The van der Waals surface area contributed by atoms with E-state index in [2.05, 4.69) is 30.7 Å². The summed E-state index contributed by atoms with van der Waals surface area (Å²) in [5.74, 6) is 2.01. The lowest BCUT2D eigenvalue weighted by Crippen LogP contribution is -2.39. The van der Waals surface area contributed by atoms with Gasteiger partial charge >= 0.3 is 0 Å². The Hall–Kier alpha value is -2.45. The maximum Gasteiger partial charge on any atom is 0.244 e. The molecular formula is C18H26N6O2. The van der Waals surface area contributed by atoms with Gasteiger partial charge in [-0.1, -0.05) is 0 Å². The first-order valence-corrected chi connectivity index (χ1v) is 8.96. The Balaban J connectivity index is 1.50. The first kappa shape index (κ1) is 18.3. The highest BCUT2D eigenvalue weighted by molar-refractivity contribution is 5.57. The Labute approximate surface area is 153 Å². The number of nitrogens with one attached hydrogen (secondary N) is 2. The van der Waals surface area contributed by atoms with Crippen LogP contribution in [0.5, 0.6) is 5.75 Å². The molecule has 1 saturated heterocycles. The minimum absolute atomic E-state index is 0.158. The number of rotatable bonds is 8. The number of nitrogens with zero attached hydrogens (tertiary/aromatic N) is 4. The summed E-state index contributed by atoms with van der Waals surface area (Å²) < 4.78 is 11.0. The first-order valence-electron chi connectivity index (χ1n) is 8.96. The zero-order valence-electron chi connectivity index (χ0n) is 15.3. The predicted octanol–water partition coefficient (Wildman–Crippen LogP) is 2.15. The molecule has 1 aliphatic heterocycles. The van der Waals surface area contributed by atoms with E-state index < -0.39 is 0 Å². The normalized spacial score (nSPS) is 15.0. The van der Waals surface area contributed by atoms with Gasteiger partial charge in [0.2, 0.25) is 5.95 Å². The molecule has 8 nitrogen and oxygen atoms in total. The van der Waals surface area contributed by atoms with E-state index in [1.54, 1.807) is 6.20 Å². The third kappa shape index (κ3) is 5.82. The Kier molecular flexibility index (Phi) is 6.56. The number of anilines is 3. The number of hydrogen-bond donors (Lipinski definition) is 2. The van der Waals surface area contributed by atoms with E-state index >= 15 is 0 Å². The molecule has 0 bridgehead atoms. The number of aromatic nitrogens is 3. The molecule has 0 unspecified atom stereocenters. The Bertz CT molecular complexity index is 674. The maximum atomic E-state index is 5.65. The third-order valence-electron chi connectivity index (χ3n) is 3.87. The Morgan fingerprint density at radius 3 is 2.69 bits per heavy atom. The molecule has 1 aliphatic rings. The second-order valence-electron chi connectivity index (χ2n) is 6.36. The molecule has 26 heavy (non-hydrogen) atoms. The molecule has 0 amide bonds. The molecule has 0 atom stereocenters. The molecule has 1 aromatic carbocycles. The van der Waals surface area contributed by atoms with E-state index in [1.165, 1.54) is 0 Å². The van der Waals surface area contributed by atoms with Gasteiger partial charge in [0.1, 0.15) is 5.75 Å². The van der Waals surface area contributed by atoms with Crippen LogP contribution in [0, 0.1) is 0 Å². The van der Waals surface area contributed by atoms with Crippen LogP contribution in [0.1, 0.15) is 13.8 Å². The monoisotopic (exact) mass is 358 g/mol. The van der Waals surface area contributed by atoms with Crippen molar-refractivity contribution in [2.24, 2.45) is 0 Å². The minimum atomic E-state index is 0.158. The molecule has 0 radical (unpaired) electrons. The van der Waals surface area contributed by atoms with Gasteiger partial charge in [-0.2, -0.15) is 10.1 Å². The highest BCUT2D eigenvalue weighted by atomic mass is 16.5. The largest absolute Gasteiger partial charge is 0.491 e. The lowest BCUT2D eigenvalue weighted by atomic mass is 10.3. The summed E-state index contributed by atoms with van der Waals surface area (Å²) in [6.07, 6.45) is 1.76. The van der Waals surface area contributed by atoms with Gasteiger partial charge in [0.15, 0.2) is 5.82 Å². The summed E-state index contributed by atoms with van der Waals surface area (Å²) >= 11 is 0. The highest BCUT2D eigenvalue weighted by Crippen LogP contribution is 2.19. The molecule has 140 valence electrons. The molecule has 3 rings (SSSR count). The van der Waals surface area contributed by atoms with Crippen molar-refractivity contribution in [3.05, 3.63) is 30.5 Å². The van der Waals surface area contributed by atoms with Gasteiger partial charge in [0, 0.05) is 31.9 Å². The van der Waals surface area contributed by atoms with Gasteiger partial charge < -0.3 is 20.1 Å². The molecule has 1 fully saturated rings. The van der Waals surface area contributed by atoms with Crippen LogP contribution in [0.15, 0.2) is 30.5 Å². The lowest BCUT2D eigenvalue weighted by molar-refractivity contribution is 0.0398. The summed E-state index contributed by atoms with van der Waals surface area (Å²) in [6, 6.07) is 7.76. The second kappa shape index (κ2) is 9.30. The van der Waals surface area contributed by atoms with Crippen LogP contribution in [0.2, 0.25) is 0 Å². The number of ether oxygens (including phenoxy) is 2. The number of hydrogen-bond acceptors (Lipinski definition) is 8. The van der Waals surface area contributed by atoms with E-state index in [9.17, 15) is 0 Å². The SMILES string of the molecule is CC(C)Oc1ccc(Nc2cnnc(NCCN3CCOCC3)n2)cc1. The minimum Gasteiger partial charge on any atom is -0.491 e. The smallest absolute Gasteiger partial charge is 0.244 e. The molecule has 0 saturated carbocycles. The van der Waals surface area contributed by atoms with Crippen molar-refractivity contribution in [2.45, 2.75) is 20.0 Å². The Morgan fingerprint density at radius 1 is 1.19 bits per heavy atom. The van der Waals surface area contributed by atoms with Crippen LogP contribution < -0.4 is 15.4 Å². The van der Waals surface area contributed by atoms with Crippen molar-refractivity contribution in [1.82, 2.24) is 20.1 Å². The van der Waals surface area contributed by atoms with Crippen LogP contribution in [0.3, 0.4) is 0 Å². The van der Waals surface area contributed by atoms with Gasteiger partial charge in [0.05, 0.1) is 25.5 Å². The standard InChI is InChI=1S/C18H26N6O2/c1-14(2)26-16-5-3-15(4-6-16)21-17-13-20-23-18(22-17)19-7-8-24-9-11-25-12-10-24/h3-6,13-14H,7-12H2,1-2H3,(H2,19,21,22,23). The molecule has 2 aromatic rings. The van der Waals surface area contributed by atoms with Gasteiger partial charge in [0.25, 0.3) is 0 Å². The topological polar surface area (TPSA) is 84.4 Å². The van der Waals surface area contributed by atoms with Gasteiger partial charge in [-0.3, -0.25) is 4.90 Å². The average molecular weight is 358 g/mol. The fourth-order valence-electron chi connectivity index (χ4n) is 2.63. The number of morpholine rings is 1. The van der Waals surface area contributed by atoms with Crippen LogP contribution in [0.25, 0.3) is 0 Å². The average Bonchev–Trinajstić information content (AvgIpc) is 2.64. The van der Waals surface area contributed by atoms with Crippen molar-refractivity contribution in [1.29, 1.82) is 0 Å². The summed E-state index contributed by atoms with van der Waals surface area (Å²) in [4.78, 5) is 6.81. The van der Waals surface area contributed by atoms with Crippen molar-refractivity contribution >= 4 is 17.5 Å². The predicted molar refractivity (Wildman–Crippen MR) is 101 cm³/mol. The fourth-order valence-corrected chi connectivity index (χ4v) is 2.63. The van der Waals surface area contributed by atoms with E-state index in [0.29, 0.717) is 11.8 Å². The molecular weight excluding hydrogens is 332 g/mol. The number of benzene rings is 1. The first-order chi connectivity index (χ1) is 12.7. The molecule has 2 N–H and O–H groups in total. The summed E-state index contributed by atoms with van der Waals surface area (Å²) in [5, 5.41) is 14.5. The van der Waals surface area contributed by atoms with Crippen LogP contribution in [0.4, 0.5) is 17.5 Å². The maximum absolute atomic E-state index is 5.65. The third-order valence-corrected chi connectivity index (χ3v) is 3.87. The van der Waals surface area contributed by atoms with Crippen molar-refractivity contribution in [3.8, 4) is 5.75 Å². The second-order valence-corrected chi connectivity index (χ2v) is 6.36. The summed E-state index contributed by atoms with van der Waals surface area (Å²) in [5.41, 5.74) is 0.917. The quantitative estimate of drug-likeness (QED) is 0.743. The van der Waals surface area contributed by atoms with Gasteiger partial charge in [-0.25, -0.2) is 0 Å². The highest BCUT2D eigenvalue weighted by Gasteiger charge is 2.09. The van der Waals surface area contributed by atoms with Gasteiger partial charge in [-0.15, -0.1) is 5.10 Å². The van der Waals surface area contributed by atoms with E-state index in [4.69, 9.17) is 9.47 Å². The lowest BCUT2D eigenvalue weighted by Gasteiger charge is -2.26. The van der Waals surface area contributed by atoms with Crippen LogP contribution in [-0.2, 0) is 4.74 Å². The van der Waals surface area contributed by atoms with Crippen molar-refractivity contribution in [2.75, 3.05) is 50.0 Å². The molecule has 1 aromatic heterocycles.